The van der Waals surface area contributed by atoms with E-state index in [0.717, 1.165) is 43.9 Å². The molecule has 2 heterocycles. The Hall–Kier alpha value is -2.15. The topological polar surface area (TPSA) is 52.7 Å². The molecule has 0 radical (unpaired) electrons. The number of hydrogen-bond donors (Lipinski definition) is 1. The van der Waals surface area contributed by atoms with Crippen molar-refractivity contribution >= 4 is 40.8 Å². The normalized spacial score (nSPS) is 15.2. The van der Waals surface area contributed by atoms with Crippen LogP contribution in [0.3, 0.4) is 0 Å². The van der Waals surface area contributed by atoms with Crippen LogP contribution in [-0.4, -0.2) is 60.9 Å². The summed E-state index contributed by atoms with van der Waals surface area (Å²) in [5.41, 5.74) is 1.59. The molecule has 0 spiro atoms. The molecule has 1 fully saturated rings. The Morgan fingerprint density at radius 2 is 1.93 bits per heavy atom. The van der Waals surface area contributed by atoms with Crippen molar-refractivity contribution in [3.05, 3.63) is 63.3 Å². The number of hydrogen-bond acceptors (Lipinski definition) is 4. The number of benzene rings is 1. The van der Waals surface area contributed by atoms with Gasteiger partial charge in [0.1, 0.15) is 0 Å². The zero-order valence-corrected chi connectivity index (χ0v) is 16.5. The maximum Gasteiger partial charge on any atom is 0.254 e. The van der Waals surface area contributed by atoms with Gasteiger partial charge in [-0.15, -0.1) is 0 Å². The monoisotopic (exact) mass is 403 g/mol. The van der Waals surface area contributed by atoms with Crippen molar-refractivity contribution in [1.82, 2.24) is 15.1 Å². The molecule has 7 heteroatoms. The van der Waals surface area contributed by atoms with E-state index in [1.54, 1.807) is 12.1 Å². The van der Waals surface area contributed by atoms with Gasteiger partial charge in [-0.1, -0.05) is 29.8 Å². The molecule has 142 valence electrons. The molecule has 1 aromatic heterocycles. The molecular weight excluding hydrogens is 382 g/mol. The Labute approximate surface area is 168 Å². The van der Waals surface area contributed by atoms with Gasteiger partial charge in [0.2, 0.25) is 5.91 Å². The van der Waals surface area contributed by atoms with Crippen molar-refractivity contribution in [2.75, 3.05) is 39.3 Å². The van der Waals surface area contributed by atoms with E-state index in [9.17, 15) is 9.59 Å². The molecule has 1 N–H and O–H groups in total. The first-order valence-electron chi connectivity index (χ1n) is 8.88. The minimum absolute atomic E-state index is 0.105. The first-order chi connectivity index (χ1) is 13.1. The number of halogens is 1. The molecule has 3 rings (SSSR count). The van der Waals surface area contributed by atoms with E-state index in [1.165, 1.54) is 17.4 Å². The molecule has 1 aliphatic heterocycles. The Kier molecular flexibility index (Phi) is 7.04. The van der Waals surface area contributed by atoms with Crippen LogP contribution in [0, 0.1) is 0 Å². The molecule has 5 nitrogen and oxygen atoms in total. The van der Waals surface area contributed by atoms with E-state index in [4.69, 9.17) is 11.6 Å². The van der Waals surface area contributed by atoms with Gasteiger partial charge in [0.05, 0.1) is 5.56 Å². The fourth-order valence-corrected chi connectivity index (χ4v) is 3.74. The summed E-state index contributed by atoms with van der Waals surface area (Å²) < 4.78 is 0. The van der Waals surface area contributed by atoms with Crippen LogP contribution in [0.15, 0.2) is 47.2 Å². The van der Waals surface area contributed by atoms with Crippen molar-refractivity contribution in [1.29, 1.82) is 0 Å². The average Bonchev–Trinajstić information content (AvgIpc) is 3.22. The van der Waals surface area contributed by atoms with Crippen LogP contribution in [0.4, 0.5) is 0 Å². The van der Waals surface area contributed by atoms with Gasteiger partial charge in [0.25, 0.3) is 5.91 Å². The van der Waals surface area contributed by atoms with Gasteiger partial charge in [-0.05, 0) is 29.2 Å². The molecule has 1 aliphatic rings. The summed E-state index contributed by atoms with van der Waals surface area (Å²) in [6.45, 7) is 4.42. The van der Waals surface area contributed by atoms with Crippen molar-refractivity contribution in [2.24, 2.45) is 0 Å². The molecule has 0 atom stereocenters. The highest BCUT2D eigenvalue weighted by Gasteiger charge is 2.21. The molecule has 2 aromatic rings. The smallest absolute Gasteiger partial charge is 0.254 e. The van der Waals surface area contributed by atoms with Gasteiger partial charge < -0.3 is 10.2 Å². The first-order valence-corrected chi connectivity index (χ1v) is 10.2. The van der Waals surface area contributed by atoms with E-state index in [2.05, 4.69) is 10.2 Å². The number of carbonyl (C=O) groups excluding carboxylic acids is 2. The molecule has 2 amide bonds. The maximum absolute atomic E-state index is 12.3. The summed E-state index contributed by atoms with van der Waals surface area (Å²) >= 11 is 7.60. The number of nitrogens with zero attached hydrogens (tertiary/aromatic N) is 2. The highest BCUT2D eigenvalue weighted by Crippen LogP contribution is 2.16. The van der Waals surface area contributed by atoms with Gasteiger partial charge >= 0.3 is 0 Å². The summed E-state index contributed by atoms with van der Waals surface area (Å²) in [4.78, 5) is 28.4. The number of rotatable bonds is 6. The predicted molar refractivity (Wildman–Crippen MR) is 110 cm³/mol. The van der Waals surface area contributed by atoms with Crippen molar-refractivity contribution in [3.63, 3.8) is 0 Å². The predicted octanol–water partition coefficient (Wildman–Crippen LogP) is 2.99. The van der Waals surface area contributed by atoms with Crippen LogP contribution in [-0.2, 0) is 4.79 Å². The second-order valence-corrected chi connectivity index (χ2v) is 7.48. The number of carbonyl (C=O) groups is 2. The van der Waals surface area contributed by atoms with E-state index in [-0.39, 0.29) is 11.8 Å². The zero-order valence-electron chi connectivity index (χ0n) is 14.9. The Bertz CT molecular complexity index is 799. The highest BCUT2D eigenvalue weighted by atomic mass is 35.5. The van der Waals surface area contributed by atoms with Crippen LogP contribution >= 0.6 is 22.9 Å². The molecule has 0 aliphatic carbocycles. The van der Waals surface area contributed by atoms with E-state index >= 15 is 0 Å². The van der Waals surface area contributed by atoms with Crippen molar-refractivity contribution < 1.29 is 9.59 Å². The maximum atomic E-state index is 12.3. The average molecular weight is 404 g/mol. The van der Waals surface area contributed by atoms with Gasteiger partial charge in [-0.2, -0.15) is 11.3 Å². The van der Waals surface area contributed by atoms with Gasteiger partial charge in [-0.25, -0.2) is 0 Å². The summed E-state index contributed by atoms with van der Waals surface area (Å²) in [5, 5.41) is 7.32. The van der Waals surface area contributed by atoms with E-state index < -0.39 is 0 Å². The second-order valence-electron chi connectivity index (χ2n) is 6.29. The number of nitrogens with one attached hydrogen (secondary N) is 1. The van der Waals surface area contributed by atoms with Crippen LogP contribution in [0.1, 0.15) is 15.9 Å². The lowest BCUT2D eigenvalue weighted by Gasteiger charge is -2.34. The van der Waals surface area contributed by atoms with Crippen LogP contribution in [0.25, 0.3) is 6.08 Å². The standard InChI is InChI=1S/C20H22ClN3O2S/c21-18-4-2-1-3-16(18)5-6-19(25)22-8-9-23-10-12-24(13-11-23)20(26)17-7-14-27-15-17/h1-7,14-15H,8-13H2,(H,22,25)/b6-5+. The number of amides is 2. The number of piperazine rings is 1. The molecule has 1 saturated heterocycles. The van der Waals surface area contributed by atoms with E-state index in [0.29, 0.717) is 11.6 Å². The summed E-state index contributed by atoms with van der Waals surface area (Å²) in [6.07, 6.45) is 3.21. The van der Waals surface area contributed by atoms with Gasteiger partial charge in [-0.3, -0.25) is 14.5 Å². The van der Waals surface area contributed by atoms with Gasteiger partial charge in [0.15, 0.2) is 0 Å². The quantitative estimate of drug-likeness (QED) is 0.754. The largest absolute Gasteiger partial charge is 0.351 e. The second kappa shape index (κ2) is 9.69. The lowest BCUT2D eigenvalue weighted by atomic mass is 10.2. The van der Waals surface area contributed by atoms with Crippen LogP contribution in [0.2, 0.25) is 5.02 Å². The summed E-state index contributed by atoms with van der Waals surface area (Å²) in [5.74, 6) is -0.0323. The van der Waals surface area contributed by atoms with Crippen molar-refractivity contribution in [2.45, 2.75) is 0 Å². The zero-order chi connectivity index (χ0) is 19.1. The molecule has 27 heavy (non-hydrogen) atoms. The highest BCUT2D eigenvalue weighted by molar-refractivity contribution is 7.08. The third-order valence-corrected chi connectivity index (χ3v) is 5.50. The minimum Gasteiger partial charge on any atom is -0.351 e. The summed E-state index contributed by atoms with van der Waals surface area (Å²) in [6, 6.07) is 9.26. The lowest BCUT2D eigenvalue weighted by molar-refractivity contribution is -0.116. The molecule has 0 bridgehead atoms. The van der Waals surface area contributed by atoms with Crippen LogP contribution < -0.4 is 5.32 Å². The van der Waals surface area contributed by atoms with Crippen LogP contribution in [0.5, 0.6) is 0 Å². The molecule has 1 aromatic carbocycles. The summed E-state index contributed by atoms with van der Waals surface area (Å²) in [7, 11) is 0. The lowest BCUT2D eigenvalue weighted by Crippen LogP contribution is -2.50. The third kappa shape index (κ3) is 5.66. The van der Waals surface area contributed by atoms with E-state index in [1.807, 2.05) is 39.9 Å². The minimum atomic E-state index is -0.138. The first kappa shape index (κ1) is 19.6. The SMILES string of the molecule is O=C(/C=C/c1ccccc1Cl)NCCN1CCN(C(=O)c2ccsc2)CC1. The fourth-order valence-electron chi connectivity index (χ4n) is 2.92. The Morgan fingerprint density at radius 3 is 2.63 bits per heavy atom. The Balaban J connectivity index is 1.36. The number of thiophene rings is 1. The van der Waals surface area contributed by atoms with Gasteiger partial charge in [0, 0.05) is 55.7 Å². The molecular formula is C20H22ClN3O2S. The fraction of sp³-hybridized carbons (Fsp3) is 0.300. The third-order valence-electron chi connectivity index (χ3n) is 4.47. The van der Waals surface area contributed by atoms with Crippen molar-refractivity contribution in [3.8, 4) is 0 Å². The molecule has 0 unspecified atom stereocenters. The molecule has 0 saturated carbocycles. The Morgan fingerprint density at radius 1 is 1.15 bits per heavy atom.